The number of nitrogen functional groups attached to an aromatic ring is 1. The highest BCUT2D eigenvalue weighted by Gasteiger charge is 1.99. The van der Waals surface area contributed by atoms with Crippen LogP contribution in [0.15, 0.2) is 18.3 Å². The molecule has 13 heavy (non-hydrogen) atoms. The van der Waals surface area contributed by atoms with Gasteiger partial charge in [-0.3, -0.25) is 0 Å². The van der Waals surface area contributed by atoms with Crippen molar-refractivity contribution in [3.63, 3.8) is 0 Å². The SMILES string of the molecule is CSCCN(C)c1ccnc(N)c1. The third-order valence-corrected chi connectivity index (χ3v) is 2.43. The molecule has 0 saturated carbocycles. The van der Waals surface area contributed by atoms with Crippen molar-refractivity contribution in [2.75, 3.05) is 36.2 Å². The lowest BCUT2D eigenvalue weighted by atomic mass is 10.3. The lowest BCUT2D eigenvalue weighted by Gasteiger charge is -2.18. The van der Waals surface area contributed by atoms with E-state index in [0.717, 1.165) is 18.0 Å². The molecule has 0 aliphatic carbocycles. The van der Waals surface area contributed by atoms with E-state index >= 15 is 0 Å². The zero-order chi connectivity index (χ0) is 9.68. The Morgan fingerprint density at radius 2 is 2.38 bits per heavy atom. The summed E-state index contributed by atoms with van der Waals surface area (Å²) < 4.78 is 0. The average molecular weight is 197 g/mol. The number of nitrogens with zero attached hydrogens (tertiary/aromatic N) is 2. The van der Waals surface area contributed by atoms with Crippen LogP contribution in [-0.4, -0.2) is 30.6 Å². The normalized spacial score (nSPS) is 10.0. The number of anilines is 2. The molecular formula is C9H15N3S. The maximum Gasteiger partial charge on any atom is 0.125 e. The quantitative estimate of drug-likeness (QED) is 0.793. The molecular weight excluding hydrogens is 182 g/mol. The van der Waals surface area contributed by atoms with Gasteiger partial charge in [0.2, 0.25) is 0 Å². The lowest BCUT2D eigenvalue weighted by Crippen LogP contribution is -2.20. The number of hydrogen-bond acceptors (Lipinski definition) is 4. The van der Waals surface area contributed by atoms with E-state index in [-0.39, 0.29) is 0 Å². The average Bonchev–Trinajstić information content (AvgIpc) is 2.14. The molecule has 4 heteroatoms. The largest absolute Gasteiger partial charge is 0.384 e. The van der Waals surface area contributed by atoms with Gasteiger partial charge >= 0.3 is 0 Å². The minimum Gasteiger partial charge on any atom is -0.384 e. The molecule has 2 N–H and O–H groups in total. The molecule has 0 bridgehead atoms. The van der Waals surface area contributed by atoms with Gasteiger partial charge in [-0.15, -0.1) is 0 Å². The van der Waals surface area contributed by atoms with Crippen LogP contribution in [-0.2, 0) is 0 Å². The van der Waals surface area contributed by atoms with E-state index in [1.807, 2.05) is 23.9 Å². The summed E-state index contributed by atoms with van der Waals surface area (Å²) in [6, 6.07) is 3.86. The van der Waals surface area contributed by atoms with E-state index in [0.29, 0.717) is 5.82 Å². The first-order valence-electron chi connectivity index (χ1n) is 4.15. The van der Waals surface area contributed by atoms with Crippen LogP contribution in [0.1, 0.15) is 0 Å². The van der Waals surface area contributed by atoms with Gasteiger partial charge in [-0.25, -0.2) is 4.98 Å². The molecule has 1 aromatic heterocycles. The molecule has 1 rings (SSSR count). The summed E-state index contributed by atoms with van der Waals surface area (Å²) >= 11 is 1.84. The molecule has 1 aromatic rings. The Balaban J connectivity index is 2.60. The van der Waals surface area contributed by atoms with Crippen LogP contribution in [0.4, 0.5) is 11.5 Å². The Labute approximate surface area is 83.3 Å². The van der Waals surface area contributed by atoms with Gasteiger partial charge in [0.05, 0.1) is 0 Å². The van der Waals surface area contributed by atoms with Crippen LogP contribution < -0.4 is 10.6 Å². The van der Waals surface area contributed by atoms with E-state index in [4.69, 9.17) is 5.73 Å². The van der Waals surface area contributed by atoms with Crippen molar-refractivity contribution in [1.29, 1.82) is 0 Å². The van der Waals surface area contributed by atoms with Crippen LogP contribution in [0, 0.1) is 0 Å². The molecule has 0 aliphatic rings. The van der Waals surface area contributed by atoms with E-state index in [1.54, 1.807) is 6.20 Å². The molecule has 0 saturated heterocycles. The zero-order valence-electron chi connectivity index (χ0n) is 8.03. The lowest BCUT2D eigenvalue weighted by molar-refractivity contribution is 0.976. The predicted molar refractivity (Wildman–Crippen MR) is 60.3 cm³/mol. The Kier molecular flexibility index (Phi) is 3.89. The predicted octanol–water partition coefficient (Wildman–Crippen LogP) is 1.46. The molecule has 0 spiro atoms. The molecule has 1 heterocycles. The first-order valence-corrected chi connectivity index (χ1v) is 5.55. The molecule has 0 atom stereocenters. The van der Waals surface area contributed by atoms with Gasteiger partial charge in [0.25, 0.3) is 0 Å². The third kappa shape index (κ3) is 3.14. The fourth-order valence-electron chi connectivity index (χ4n) is 1.03. The minimum absolute atomic E-state index is 0.577. The maximum absolute atomic E-state index is 5.58. The number of thioether (sulfide) groups is 1. The van der Waals surface area contributed by atoms with Crippen LogP contribution >= 0.6 is 11.8 Å². The first kappa shape index (κ1) is 10.2. The molecule has 72 valence electrons. The van der Waals surface area contributed by atoms with Crippen molar-refractivity contribution in [1.82, 2.24) is 4.98 Å². The Hall–Kier alpha value is -0.900. The highest BCUT2D eigenvalue weighted by molar-refractivity contribution is 7.98. The summed E-state index contributed by atoms with van der Waals surface area (Å²) in [4.78, 5) is 6.12. The van der Waals surface area contributed by atoms with Gasteiger partial charge < -0.3 is 10.6 Å². The summed E-state index contributed by atoms with van der Waals surface area (Å²) in [6.07, 6.45) is 3.84. The van der Waals surface area contributed by atoms with Crippen molar-refractivity contribution in [3.05, 3.63) is 18.3 Å². The fraction of sp³-hybridized carbons (Fsp3) is 0.444. The van der Waals surface area contributed by atoms with Crippen molar-refractivity contribution >= 4 is 23.3 Å². The molecule has 0 unspecified atom stereocenters. The monoisotopic (exact) mass is 197 g/mol. The fourth-order valence-corrected chi connectivity index (χ4v) is 1.49. The second-order valence-electron chi connectivity index (χ2n) is 2.85. The van der Waals surface area contributed by atoms with Crippen molar-refractivity contribution in [2.45, 2.75) is 0 Å². The number of hydrogen-bond donors (Lipinski definition) is 1. The molecule has 0 fully saturated rings. The molecule has 0 radical (unpaired) electrons. The second kappa shape index (κ2) is 4.97. The van der Waals surface area contributed by atoms with Gasteiger partial charge in [-0.2, -0.15) is 11.8 Å². The van der Waals surface area contributed by atoms with Crippen LogP contribution in [0.5, 0.6) is 0 Å². The van der Waals surface area contributed by atoms with Crippen molar-refractivity contribution < 1.29 is 0 Å². The van der Waals surface area contributed by atoms with Crippen LogP contribution in [0.25, 0.3) is 0 Å². The van der Waals surface area contributed by atoms with Gasteiger partial charge in [-0.05, 0) is 12.3 Å². The molecule has 0 amide bonds. The molecule has 3 nitrogen and oxygen atoms in total. The van der Waals surface area contributed by atoms with Gasteiger partial charge in [0.15, 0.2) is 0 Å². The third-order valence-electron chi connectivity index (χ3n) is 1.84. The standard InChI is InChI=1S/C9H15N3S/c1-12(5-6-13-2)8-3-4-11-9(10)7-8/h3-4,7H,5-6H2,1-2H3,(H2,10,11). The van der Waals surface area contributed by atoms with Gasteiger partial charge in [0.1, 0.15) is 5.82 Å². The highest BCUT2D eigenvalue weighted by atomic mass is 32.2. The van der Waals surface area contributed by atoms with Gasteiger partial charge in [-0.1, -0.05) is 0 Å². The Morgan fingerprint density at radius 3 is 3.00 bits per heavy atom. The highest BCUT2D eigenvalue weighted by Crippen LogP contribution is 2.13. The summed E-state index contributed by atoms with van der Waals surface area (Å²) in [5.74, 6) is 1.70. The van der Waals surface area contributed by atoms with E-state index in [2.05, 4.69) is 23.2 Å². The Bertz CT molecular complexity index is 265. The summed E-state index contributed by atoms with van der Waals surface area (Å²) in [6.45, 7) is 1.03. The summed E-state index contributed by atoms with van der Waals surface area (Å²) in [5.41, 5.74) is 6.71. The molecule has 0 aliphatic heterocycles. The zero-order valence-corrected chi connectivity index (χ0v) is 8.84. The van der Waals surface area contributed by atoms with E-state index in [9.17, 15) is 0 Å². The minimum atomic E-state index is 0.577. The molecule has 0 aromatic carbocycles. The second-order valence-corrected chi connectivity index (χ2v) is 3.84. The smallest absolute Gasteiger partial charge is 0.125 e. The number of rotatable bonds is 4. The van der Waals surface area contributed by atoms with Gasteiger partial charge in [0, 0.05) is 37.3 Å². The van der Waals surface area contributed by atoms with Crippen LogP contribution in [0.2, 0.25) is 0 Å². The number of pyridine rings is 1. The number of nitrogens with two attached hydrogens (primary N) is 1. The topological polar surface area (TPSA) is 42.2 Å². The Morgan fingerprint density at radius 1 is 1.62 bits per heavy atom. The van der Waals surface area contributed by atoms with Crippen LogP contribution in [0.3, 0.4) is 0 Å². The van der Waals surface area contributed by atoms with Crippen molar-refractivity contribution in [3.8, 4) is 0 Å². The van der Waals surface area contributed by atoms with E-state index in [1.165, 1.54) is 0 Å². The summed E-state index contributed by atoms with van der Waals surface area (Å²) in [5, 5.41) is 0. The number of aromatic nitrogens is 1. The van der Waals surface area contributed by atoms with E-state index < -0.39 is 0 Å². The first-order chi connectivity index (χ1) is 6.24. The maximum atomic E-state index is 5.58. The van der Waals surface area contributed by atoms with Crippen molar-refractivity contribution in [2.24, 2.45) is 0 Å². The summed E-state index contributed by atoms with van der Waals surface area (Å²) in [7, 11) is 2.06.